The zero-order valence-corrected chi connectivity index (χ0v) is 15.1. The summed E-state index contributed by atoms with van der Waals surface area (Å²) in [7, 11) is 0. The molecular weight excluding hydrogens is 469 g/mol. The monoisotopic (exact) mass is 476 g/mol. The highest BCUT2D eigenvalue weighted by atomic mass is 79.9. The van der Waals surface area contributed by atoms with Crippen molar-refractivity contribution in [1.29, 1.82) is 0 Å². The Balaban J connectivity index is 2.50. The van der Waals surface area contributed by atoms with E-state index in [-0.39, 0.29) is 0 Å². The predicted molar refractivity (Wildman–Crippen MR) is 84.0 cm³/mol. The van der Waals surface area contributed by atoms with Crippen LogP contribution in [0.15, 0.2) is 28.7 Å². The Bertz CT molecular complexity index is 923. The maximum atomic E-state index is 14.1. The van der Waals surface area contributed by atoms with E-state index in [2.05, 4.69) is 20.7 Å². The molecule has 0 saturated heterocycles. The van der Waals surface area contributed by atoms with Crippen LogP contribution in [0.5, 0.6) is 17.2 Å². The fourth-order valence-corrected chi connectivity index (χ4v) is 2.86. The molecule has 0 aliphatic carbocycles. The molecule has 0 radical (unpaired) electrons. The van der Waals surface area contributed by atoms with Crippen molar-refractivity contribution in [1.82, 2.24) is 0 Å². The van der Waals surface area contributed by atoms with Crippen molar-refractivity contribution < 1.29 is 50.1 Å². The molecule has 0 atom stereocenters. The molecule has 12 heteroatoms. The number of benzene rings is 2. The lowest BCUT2D eigenvalue weighted by Crippen LogP contribution is -2.18. The van der Waals surface area contributed by atoms with Gasteiger partial charge < -0.3 is 14.6 Å². The van der Waals surface area contributed by atoms with Gasteiger partial charge in [0.05, 0.1) is 5.56 Å². The highest BCUT2D eigenvalue weighted by Gasteiger charge is 2.36. The van der Waals surface area contributed by atoms with E-state index in [4.69, 9.17) is 4.74 Å². The smallest absolute Gasteiger partial charge is 0.478 e. The van der Waals surface area contributed by atoms with Gasteiger partial charge in [0.15, 0.2) is 11.6 Å². The van der Waals surface area contributed by atoms with E-state index in [0.29, 0.717) is 18.2 Å². The van der Waals surface area contributed by atoms with Crippen molar-refractivity contribution in [2.24, 2.45) is 0 Å². The van der Waals surface area contributed by atoms with Crippen LogP contribution < -0.4 is 9.47 Å². The SMILES string of the molecule is Cc1c(Oc2ccc(C(F)(F)F)c(Br)c2C(=O)O)ccc(OC(F)(F)F)c1F. The van der Waals surface area contributed by atoms with Gasteiger partial charge in [-0.15, -0.1) is 13.2 Å². The van der Waals surface area contributed by atoms with Gasteiger partial charge in [0.2, 0.25) is 0 Å². The van der Waals surface area contributed by atoms with E-state index in [1.165, 1.54) is 0 Å². The lowest BCUT2D eigenvalue weighted by Gasteiger charge is -2.17. The van der Waals surface area contributed by atoms with E-state index >= 15 is 0 Å². The van der Waals surface area contributed by atoms with Crippen LogP contribution in [0.3, 0.4) is 0 Å². The van der Waals surface area contributed by atoms with Gasteiger partial charge >= 0.3 is 18.5 Å². The maximum Gasteiger partial charge on any atom is 0.573 e. The first-order valence-corrected chi connectivity index (χ1v) is 7.87. The van der Waals surface area contributed by atoms with Crippen LogP contribution in [0.1, 0.15) is 21.5 Å². The molecule has 152 valence electrons. The average Bonchev–Trinajstić information content (AvgIpc) is 2.52. The molecule has 28 heavy (non-hydrogen) atoms. The standard InChI is InChI=1S/C16H8BrF7O4/c1-6-8(4-5-10(13(6)18)28-16(22,23)24)27-9-3-2-7(15(19,20)21)12(17)11(9)14(25)26/h2-5H,1H3,(H,25,26). The first kappa shape index (κ1) is 21.8. The van der Waals surface area contributed by atoms with Crippen LogP contribution in [0.2, 0.25) is 0 Å². The van der Waals surface area contributed by atoms with Crippen LogP contribution in [0, 0.1) is 12.7 Å². The number of halogens is 8. The quantitative estimate of drug-likeness (QED) is 0.525. The normalized spacial score (nSPS) is 12.0. The molecule has 0 aliphatic rings. The first-order chi connectivity index (χ1) is 12.7. The summed E-state index contributed by atoms with van der Waals surface area (Å²) in [5.41, 5.74) is -2.66. The summed E-state index contributed by atoms with van der Waals surface area (Å²) < 4.78 is 97.4. The Morgan fingerprint density at radius 2 is 1.54 bits per heavy atom. The third-order valence-corrected chi connectivity index (χ3v) is 4.19. The molecule has 0 saturated carbocycles. The van der Waals surface area contributed by atoms with Gasteiger partial charge in [-0.2, -0.15) is 13.2 Å². The predicted octanol–water partition coefficient (Wildman–Crippen LogP) is 6.30. The van der Waals surface area contributed by atoms with E-state index in [0.717, 1.165) is 13.0 Å². The molecule has 2 rings (SSSR count). The number of ether oxygens (including phenoxy) is 2. The van der Waals surface area contributed by atoms with Gasteiger partial charge in [0, 0.05) is 10.0 Å². The molecule has 0 amide bonds. The molecule has 2 aromatic carbocycles. The minimum absolute atomic E-state index is 0.416. The minimum Gasteiger partial charge on any atom is -0.478 e. The molecule has 4 nitrogen and oxygen atoms in total. The Hall–Kier alpha value is -2.50. The summed E-state index contributed by atoms with van der Waals surface area (Å²) in [6.07, 6.45) is -10.0. The molecule has 0 bridgehead atoms. The number of rotatable bonds is 4. The molecule has 0 fully saturated rings. The number of hydrogen-bond acceptors (Lipinski definition) is 3. The molecule has 0 aromatic heterocycles. The van der Waals surface area contributed by atoms with Crippen molar-refractivity contribution >= 4 is 21.9 Å². The van der Waals surface area contributed by atoms with Crippen LogP contribution in [-0.4, -0.2) is 17.4 Å². The Labute approximate surface area is 160 Å². The summed E-state index contributed by atoms with van der Waals surface area (Å²) in [6, 6.07) is 2.69. The van der Waals surface area contributed by atoms with Gasteiger partial charge in [-0.1, -0.05) is 0 Å². The highest BCUT2D eigenvalue weighted by molar-refractivity contribution is 9.10. The van der Waals surface area contributed by atoms with E-state index < -0.39 is 62.7 Å². The second-order valence-electron chi connectivity index (χ2n) is 5.25. The number of carboxylic acid groups (broad SMARTS) is 1. The summed E-state index contributed by atoms with van der Waals surface area (Å²) in [5.74, 6) is -5.36. The first-order valence-electron chi connectivity index (χ1n) is 7.08. The zero-order chi connectivity index (χ0) is 21.4. The topological polar surface area (TPSA) is 55.8 Å². The van der Waals surface area contributed by atoms with Gasteiger partial charge in [0.1, 0.15) is 17.1 Å². The van der Waals surface area contributed by atoms with Crippen LogP contribution in [0.25, 0.3) is 0 Å². The largest absolute Gasteiger partial charge is 0.573 e. The van der Waals surface area contributed by atoms with E-state index in [1.54, 1.807) is 0 Å². The summed E-state index contributed by atoms with van der Waals surface area (Å²) in [6.45, 7) is 1.02. The van der Waals surface area contributed by atoms with Crippen LogP contribution in [-0.2, 0) is 6.18 Å². The second kappa shape index (κ2) is 7.49. The van der Waals surface area contributed by atoms with E-state index in [1.807, 2.05) is 0 Å². The average molecular weight is 477 g/mol. The Morgan fingerprint density at radius 1 is 1.00 bits per heavy atom. The minimum atomic E-state index is -5.15. The van der Waals surface area contributed by atoms with Crippen molar-refractivity contribution in [3.05, 3.63) is 51.2 Å². The van der Waals surface area contributed by atoms with Crippen molar-refractivity contribution in [3.63, 3.8) is 0 Å². The van der Waals surface area contributed by atoms with Crippen LogP contribution >= 0.6 is 15.9 Å². The summed E-state index contributed by atoms with van der Waals surface area (Å²) >= 11 is 2.56. The number of alkyl halides is 6. The van der Waals surface area contributed by atoms with Gasteiger partial charge in [0.25, 0.3) is 0 Å². The second-order valence-corrected chi connectivity index (χ2v) is 6.05. The fourth-order valence-electron chi connectivity index (χ4n) is 2.14. The summed E-state index contributed by atoms with van der Waals surface area (Å²) in [4.78, 5) is 11.4. The molecule has 0 aliphatic heterocycles. The molecular formula is C16H8BrF7O4. The highest BCUT2D eigenvalue weighted by Crippen LogP contribution is 2.42. The summed E-state index contributed by atoms with van der Waals surface area (Å²) in [5, 5.41) is 9.21. The van der Waals surface area contributed by atoms with Crippen molar-refractivity contribution in [3.8, 4) is 17.2 Å². The lowest BCUT2D eigenvalue weighted by atomic mass is 10.1. The number of aromatic carboxylic acids is 1. The number of carbonyl (C=O) groups is 1. The molecule has 0 unspecified atom stereocenters. The Kier molecular flexibility index (Phi) is 5.83. The van der Waals surface area contributed by atoms with Crippen molar-refractivity contribution in [2.75, 3.05) is 0 Å². The molecule has 0 spiro atoms. The maximum absolute atomic E-state index is 14.1. The zero-order valence-electron chi connectivity index (χ0n) is 13.5. The third kappa shape index (κ3) is 4.66. The van der Waals surface area contributed by atoms with Gasteiger partial charge in [-0.3, -0.25) is 0 Å². The van der Waals surface area contributed by atoms with Gasteiger partial charge in [-0.05, 0) is 47.1 Å². The van der Waals surface area contributed by atoms with Crippen molar-refractivity contribution in [2.45, 2.75) is 19.5 Å². The Morgan fingerprint density at radius 3 is 2.04 bits per heavy atom. The molecule has 2 aromatic rings. The third-order valence-electron chi connectivity index (χ3n) is 3.37. The fraction of sp³-hybridized carbons (Fsp3) is 0.188. The lowest BCUT2D eigenvalue weighted by molar-refractivity contribution is -0.275. The van der Waals surface area contributed by atoms with E-state index in [9.17, 15) is 40.6 Å². The number of carboxylic acids is 1. The van der Waals surface area contributed by atoms with Crippen LogP contribution in [0.4, 0.5) is 30.7 Å². The molecule has 0 heterocycles. The number of hydrogen-bond donors (Lipinski definition) is 1. The molecule has 1 N–H and O–H groups in total. The van der Waals surface area contributed by atoms with Gasteiger partial charge in [-0.25, -0.2) is 9.18 Å².